The number of hydrogen-bond acceptors (Lipinski definition) is 10. The van der Waals surface area contributed by atoms with E-state index in [2.05, 4.69) is 17.6 Å². The minimum atomic E-state index is -1.07. The van der Waals surface area contributed by atoms with E-state index < -0.39 is 103 Å². The fourth-order valence-electron chi connectivity index (χ4n) is 10.1. The maximum Gasteiger partial charge on any atom is 0.328 e. The van der Waals surface area contributed by atoms with Gasteiger partial charge in [0.25, 0.3) is 0 Å². The van der Waals surface area contributed by atoms with E-state index in [-0.39, 0.29) is 30.6 Å². The van der Waals surface area contributed by atoms with Crippen LogP contribution < -0.4 is 10.6 Å². The molecule has 0 saturated carbocycles. The van der Waals surface area contributed by atoms with Crippen molar-refractivity contribution < 1.29 is 47.9 Å². The van der Waals surface area contributed by atoms with Gasteiger partial charge < -0.3 is 44.8 Å². The second-order valence-corrected chi connectivity index (χ2v) is 20.2. The minimum absolute atomic E-state index is 0.0714. The van der Waals surface area contributed by atoms with Crippen molar-refractivity contribution in [1.29, 1.82) is 0 Å². The molecule has 0 aromatic heterocycles. The summed E-state index contributed by atoms with van der Waals surface area (Å²) in [5.41, 5.74) is 1.58. The number of rotatable bonds is 25. The van der Waals surface area contributed by atoms with Gasteiger partial charge in [-0.3, -0.25) is 38.4 Å². The van der Waals surface area contributed by atoms with Gasteiger partial charge in [0.15, 0.2) is 0 Å². The SMILES string of the molecule is CCCCC(C)C(=O)N1CCCC1C(=O)N(C)C(Cc1ccccc1)C(=O)NCC(=O)N(C)C(C(=O)N(C)C(C(=O)NCC(=O)N(C)C(Cc1ccccc1)C(=O)N1CCCC1C(=O)OC)C(C)CC)C(C)C. The number of unbranched alkanes of at least 4 members (excludes halogenated alkanes) is 1. The van der Waals surface area contributed by atoms with Crippen LogP contribution in [0.5, 0.6) is 0 Å². The van der Waals surface area contributed by atoms with Crippen LogP contribution in [0.3, 0.4) is 0 Å². The first-order valence-corrected chi connectivity index (χ1v) is 26.1. The second kappa shape index (κ2) is 28.2. The molecular formula is C55H82N8O10. The molecular weight excluding hydrogens is 933 g/mol. The normalized spacial score (nSPS) is 17.9. The molecule has 2 aromatic carbocycles. The Hall–Kier alpha value is -6.33. The molecule has 8 atom stereocenters. The first kappa shape index (κ1) is 59.2. The molecule has 2 saturated heterocycles. The topological polar surface area (TPSA) is 206 Å². The van der Waals surface area contributed by atoms with Crippen LogP contribution in [0.15, 0.2) is 60.7 Å². The number of methoxy groups -OCH3 is 1. The molecule has 0 spiro atoms. The highest BCUT2D eigenvalue weighted by atomic mass is 16.5. The van der Waals surface area contributed by atoms with Gasteiger partial charge in [0, 0.05) is 60.0 Å². The molecule has 2 heterocycles. The zero-order valence-electron chi connectivity index (χ0n) is 45.1. The Labute approximate surface area is 432 Å². The van der Waals surface area contributed by atoms with Crippen molar-refractivity contribution in [2.45, 2.75) is 142 Å². The number of ether oxygens (including phenoxy) is 1. The lowest BCUT2D eigenvalue weighted by molar-refractivity contribution is -0.154. The maximum atomic E-state index is 14.6. The van der Waals surface area contributed by atoms with Crippen molar-refractivity contribution in [3.8, 4) is 0 Å². The van der Waals surface area contributed by atoms with Crippen molar-refractivity contribution >= 4 is 53.2 Å². The third kappa shape index (κ3) is 15.4. The third-order valence-corrected chi connectivity index (χ3v) is 14.8. The van der Waals surface area contributed by atoms with Gasteiger partial charge in [-0.2, -0.15) is 0 Å². The van der Waals surface area contributed by atoms with Gasteiger partial charge in [0.1, 0.15) is 36.3 Å². The van der Waals surface area contributed by atoms with Crippen LogP contribution in [0, 0.1) is 17.8 Å². The van der Waals surface area contributed by atoms with Crippen molar-refractivity contribution in [1.82, 2.24) is 40.0 Å². The van der Waals surface area contributed by atoms with Crippen LogP contribution in [-0.2, 0) is 60.7 Å². The van der Waals surface area contributed by atoms with Crippen molar-refractivity contribution in [3.63, 3.8) is 0 Å². The number of likely N-dealkylation sites (tertiary alicyclic amines) is 2. The van der Waals surface area contributed by atoms with E-state index in [0.29, 0.717) is 45.2 Å². The predicted octanol–water partition coefficient (Wildman–Crippen LogP) is 3.70. The molecule has 0 radical (unpaired) electrons. The molecule has 2 aliphatic heterocycles. The Balaban J connectivity index is 1.47. The number of esters is 1. The smallest absolute Gasteiger partial charge is 0.328 e. The van der Waals surface area contributed by atoms with Gasteiger partial charge in [-0.15, -0.1) is 0 Å². The summed E-state index contributed by atoms with van der Waals surface area (Å²) >= 11 is 0. The average molecular weight is 1020 g/mol. The summed E-state index contributed by atoms with van der Waals surface area (Å²) in [5.74, 6) is -5.31. The highest BCUT2D eigenvalue weighted by molar-refractivity contribution is 5.97. The average Bonchev–Trinajstić information content (AvgIpc) is 4.10. The predicted molar refractivity (Wildman–Crippen MR) is 277 cm³/mol. The second-order valence-electron chi connectivity index (χ2n) is 20.2. The molecule has 2 aliphatic rings. The van der Waals surface area contributed by atoms with E-state index in [0.717, 1.165) is 30.4 Å². The van der Waals surface area contributed by atoms with Crippen LogP contribution in [-0.4, -0.2) is 180 Å². The van der Waals surface area contributed by atoms with E-state index in [9.17, 15) is 43.2 Å². The Morgan fingerprint density at radius 3 is 1.66 bits per heavy atom. The summed E-state index contributed by atoms with van der Waals surface area (Å²) in [6.07, 6.45) is 5.54. The monoisotopic (exact) mass is 1010 g/mol. The molecule has 18 heteroatoms. The molecule has 8 amide bonds. The molecule has 0 aliphatic carbocycles. The number of benzene rings is 2. The molecule has 0 bridgehead atoms. The van der Waals surface area contributed by atoms with Crippen LogP contribution >= 0.6 is 0 Å². The Kier molecular flexibility index (Phi) is 22.9. The maximum absolute atomic E-state index is 14.6. The summed E-state index contributed by atoms with van der Waals surface area (Å²) in [4.78, 5) is 134. The summed E-state index contributed by atoms with van der Waals surface area (Å²) in [7, 11) is 7.25. The zero-order valence-corrected chi connectivity index (χ0v) is 45.1. The number of carbonyl (C=O) groups is 9. The number of hydrogen-bond donors (Lipinski definition) is 2. The standard InChI is InChI=1S/C55H82N8O10/c1-12-14-23-38(6)51(68)62-30-21-28-41(62)52(69)59(8)43(32-39-24-17-15-18-25-39)49(66)56-35-46(65)60(9)47(36(3)4)54(71)61(10)48(37(5)13-2)50(67)57-34-45(64)58(7)44(33-40-26-19-16-20-27-40)53(70)63-31-22-29-42(63)55(72)73-11/h15-20,24-27,36-38,41-44,47-48H,12-14,21-23,28-35H2,1-11H3,(H,56,66)(H,57,67). The molecule has 2 aromatic rings. The van der Waals surface area contributed by atoms with Crippen molar-refractivity contribution in [2.75, 3.05) is 61.5 Å². The van der Waals surface area contributed by atoms with Crippen LogP contribution in [0.2, 0.25) is 0 Å². The number of nitrogens with zero attached hydrogens (tertiary/aromatic N) is 6. The zero-order chi connectivity index (χ0) is 54.1. The lowest BCUT2D eigenvalue weighted by atomic mass is 9.94. The molecule has 4 rings (SSSR count). The van der Waals surface area contributed by atoms with Gasteiger partial charge in [0.05, 0.1) is 20.2 Å². The van der Waals surface area contributed by atoms with Gasteiger partial charge in [-0.05, 0) is 55.1 Å². The molecule has 8 unspecified atom stereocenters. The number of carbonyl (C=O) groups excluding carboxylic acids is 9. The number of likely N-dealkylation sites (N-methyl/N-ethyl adjacent to an activating group) is 4. The van der Waals surface area contributed by atoms with E-state index >= 15 is 0 Å². The van der Waals surface area contributed by atoms with E-state index in [1.165, 1.54) is 52.8 Å². The quantitative estimate of drug-likeness (QED) is 0.138. The van der Waals surface area contributed by atoms with E-state index in [4.69, 9.17) is 4.74 Å². The van der Waals surface area contributed by atoms with Crippen LogP contribution in [0.25, 0.3) is 0 Å². The van der Waals surface area contributed by atoms with Gasteiger partial charge in [-0.1, -0.05) is 121 Å². The van der Waals surface area contributed by atoms with E-state index in [1.54, 1.807) is 25.8 Å². The largest absolute Gasteiger partial charge is 0.467 e. The highest BCUT2D eigenvalue weighted by Gasteiger charge is 2.43. The van der Waals surface area contributed by atoms with Crippen molar-refractivity contribution in [3.05, 3.63) is 71.8 Å². The molecule has 402 valence electrons. The fourth-order valence-corrected chi connectivity index (χ4v) is 10.1. The fraction of sp³-hybridized carbons (Fsp3) is 0.618. The number of amides is 8. The summed E-state index contributed by atoms with van der Waals surface area (Å²) < 4.78 is 4.97. The Morgan fingerprint density at radius 1 is 0.630 bits per heavy atom. The van der Waals surface area contributed by atoms with Gasteiger partial charge in [0.2, 0.25) is 47.3 Å². The minimum Gasteiger partial charge on any atom is -0.467 e. The summed E-state index contributed by atoms with van der Waals surface area (Å²) in [6.45, 7) is 11.0. The first-order chi connectivity index (χ1) is 34.7. The van der Waals surface area contributed by atoms with Gasteiger partial charge >= 0.3 is 5.97 Å². The van der Waals surface area contributed by atoms with Gasteiger partial charge in [-0.25, -0.2) is 4.79 Å². The molecule has 18 nitrogen and oxygen atoms in total. The first-order valence-electron chi connectivity index (χ1n) is 26.1. The Morgan fingerprint density at radius 2 is 1.14 bits per heavy atom. The number of nitrogens with one attached hydrogen (secondary N) is 2. The van der Waals surface area contributed by atoms with Crippen LogP contribution in [0.1, 0.15) is 104 Å². The lowest BCUT2D eigenvalue weighted by Gasteiger charge is -2.38. The molecule has 73 heavy (non-hydrogen) atoms. The summed E-state index contributed by atoms with van der Waals surface area (Å²) in [6, 6.07) is 12.7. The van der Waals surface area contributed by atoms with Crippen molar-refractivity contribution in [2.24, 2.45) is 17.8 Å². The Bertz CT molecular complexity index is 2210. The molecule has 2 fully saturated rings. The highest BCUT2D eigenvalue weighted by Crippen LogP contribution is 2.26. The van der Waals surface area contributed by atoms with E-state index in [1.807, 2.05) is 81.4 Å². The third-order valence-electron chi connectivity index (χ3n) is 14.8. The van der Waals surface area contributed by atoms with Crippen LogP contribution in [0.4, 0.5) is 0 Å². The lowest BCUT2D eigenvalue weighted by Crippen LogP contribution is -2.60. The molecule has 2 N–H and O–H groups in total. The summed E-state index contributed by atoms with van der Waals surface area (Å²) in [5, 5.41) is 5.45.